The predicted octanol–water partition coefficient (Wildman–Crippen LogP) is 14.9. The standard InChI is InChI=1S/C30H31ClFN5O3.C26H26ClFN4O2.C26H24ClFN4O2/c1-5-25(39)36-10-12-37(13-11-36)29-23-16-24(31)26(22-15-20(38)14-19-8-6-7-9-21(19)22)27(32)28(23)33-30(34-29)40-18(2)17-35(3)4;2*1-2-5-22(34)31-8-10-32(11-9-31)26-20-14-21(27)23(24(28)25(20)29-15-30-26)19-13-17(33)12-16-6-3-4-7-18(16)19/h5-9,14-16,18,38H,1,10-13,17H2,2-4H3;3-4,6-7,13-15,19,33H,2,5,8-12H2,1H3;2-7,13-15,19,33H,8-12H2,1H3/b;;5-2+/t;2*19-/m.00/s1. The molecule has 0 spiro atoms. The van der Waals surface area contributed by atoms with Crippen molar-refractivity contribution in [3.8, 4) is 22.9 Å². The van der Waals surface area contributed by atoms with Gasteiger partial charge in [-0.05, 0) is 128 Å². The fourth-order valence-electron chi connectivity index (χ4n) is 15.0. The average Bonchev–Trinajstić information content (AvgIpc) is 0.746. The molecule has 0 bridgehead atoms. The number of amides is 3. The minimum absolute atomic E-state index is 0.00103. The van der Waals surface area contributed by atoms with Crippen LogP contribution in [-0.2, 0) is 27.2 Å². The second-order valence-electron chi connectivity index (χ2n) is 27.5. The first kappa shape index (κ1) is 75.6. The van der Waals surface area contributed by atoms with E-state index < -0.39 is 29.3 Å². The third kappa shape index (κ3) is 15.7. The molecule has 3 saturated heterocycles. The van der Waals surface area contributed by atoms with Gasteiger partial charge in [0.1, 0.15) is 58.5 Å². The Hall–Kier alpha value is -10.6. The van der Waals surface area contributed by atoms with Crippen LogP contribution in [0.2, 0.25) is 15.1 Å². The summed E-state index contributed by atoms with van der Waals surface area (Å²) in [4.78, 5) is 76.5. The van der Waals surface area contributed by atoms with Gasteiger partial charge in [-0.15, -0.1) is 0 Å². The lowest BCUT2D eigenvalue weighted by Gasteiger charge is -2.36. The van der Waals surface area contributed by atoms with Gasteiger partial charge in [-0.25, -0.2) is 33.1 Å². The summed E-state index contributed by atoms with van der Waals surface area (Å²) >= 11 is 20.1. The van der Waals surface area contributed by atoms with Gasteiger partial charge in [-0.1, -0.05) is 127 Å². The summed E-state index contributed by atoms with van der Waals surface area (Å²) in [6.07, 6.45) is 12.6. The number of allylic oxidation sites excluding steroid dienone is 5. The van der Waals surface area contributed by atoms with Gasteiger partial charge in [-0.2, -0.15) is 9.97 Å². The molecule has 6 heterocycles. The molecule has 0 saturated carbocycles. The van der Waals surface area contributed by atoms with Crippen LogP contribution in [0.3, 0.4) is 0 Å². The first-order chi connectivity index (χ1) is 52.1. The van der Waals surface area contributed by atoms with E-state index in [1.165, 1.54) is 24.8 Å². The molecule has 108 heavy (non-hydrogen) atoms. The Morgan fingerprint density at radius 3 is 1.59 bits per heavy atom. The summed E-state index contributed by atoms with van der Waals surface area (Å²) < 4.78 is 54.6. The number of benzene rings is 7. The van der Waals surface area contributed by atoms with Crippen LogP contribution in [0.1, 0.15) is 78.8 Å². The highest BCUT2D eigenvalue weighted by Gasteiger charge is 2.34. The number of anilines is 3. The molecule has 3 amide bonds. The fraction of sp³-hybridized carbons (Fsp3) is 0.305. The van der Waals surface area contributed by atoms with E-state index in [1.807, 2.05) is 127 Å². The maximum atomic E-state index is 16.6. The van der Waals surface area contributed by atoms with Gasteiger partial charge >= 0.3 is 6.01 Å². The van der Waals surface area contributed by atoms with E-state index in [9.17, 15) is 29.7 Å². The van der Waals surface area contributed by atoms with Gasteiger partial charge in [0.15, 0.2) is 17.5 Å². The monoisotopic (exact) mass is 1520 g/mol. The molecule has 3 aliphatic heterocycles. The Balaban J connectivity index is 0.000000143. The minimum atomic E-state index is -0.632. The van der Waals surface area contributed by atoms with Gasteiger partial charge in [0.05, 0.1) is 16.5 Å². The Morgan fingerprint density at radius 1 is 0.593 bits per heavy atom. The Bertz CT molecular complexity index is 5240. The number of hydrogen-bond acceptors (Lipinski definition) is 17. The number of carbonyl (C=O) groups is 3. The zero-order valence-electron chi connectivity index (χ0n) is 60.4. The van der Waals surface area contributed by atoms with Crippen molar-refractivity contribution in [2.75, 3.05) is 114 Å². The highest BCUT2D eigenvalue weighted by molar-refractivity contribution is 6.35. The predicted molar refractivity (Wildman–Crippen MR) is 418 cm³/mol. The van der Waals surface area contributed by atoms with Crippen molar-refractivity contribution in [1.29, 1.82) is 0 Å². The molecule has 1 unspecified atom stereocenters. The van der Waals surface area contributed by atoms with Crippen molar-refractivity contribution in [2.24, 2.45) is 0 Å². The van der Waals surface area contributed by atoms with Crippen LogP contribution in [0, 0.1) is 17.5 Å². The quantitative estimate of drug-likeness (QED) is 0.0861. The summed E-state index contributed by atoms with van der Waals surface area (Å²) in [6.45, 7) is 16.4. The van der Waals surface area contributed by atoms with Crippen molar-refractivity contribution in [2.45, 2.75) is 64.4 Å². The van der Waals surface area contributed by atoms with Crippen molar-refractivity contribution < 1.29 is 47.6 Å². The molecule has 20 nitrogen and oxygen atoms in total. The number of ether oxygens (including phenoxy) is 1. The number of rotatable bonds is 14. The Morgan fingerprint density at radius 2 is 1.07 bits per heavy atom. The third-order valence-electron chi connectivity index (χ3n) is 20.1. The summed E-state index contributed by atoms with van der Waals surface area (Å²) in [6, 6.07) is 31.0. The van der Waals surface area contributed by atoms with Gasteiger partial charge in [0.25, 0.3) is 0 Å². The lowest BCUT2D eigenvalue weighted by molar-refractivity contribution is -0.131. The number of hydrogen-bond donors (Lipinski definition) is 3. The highest BCUT2D eigenvalue weighted by atomic mass is 35.5. The van der Waals surface area contributed by atoms with Gasteiger partial charge < -0.3 is 54.4 Å². The van der Waals surface area contributed by atoms with E-state index in [0.717, 1.165) is 39.4 Å². The first-order valence-corrected chi connectivity index (χ1v) is 37.0. The van der Waals surface area contributed by atoms with Gasteiger partial charge in [0.2, 0.25) is 17.7 Å². The number of aliphatic hydroxyl groups is 2. The van der Waals surface area contributed by atoms with Crippen LogP contribution >= 0.6 is 34.8 Å². The molecule has 2 aliphatic carbocycles. The maximum Gasteiger partial charge on any atom is 0.319 e. The summed E-state index contributed by atoms with van der Waals surface area (Å²) in [5.41, 5.74) is 5.36. The second-order valence-corrected chi connectivity index (χ2v) is 28.7. The number of phenols is 1. The van der Waals surface area contributed by atoms with Crippen molar-refractivity contribution >= 4 is 113 Å². The van der Waals surface area contributed by atoms with Crippen LogP contribution in [0.15, 0.2) is 164 Å². The molecule has 3 N–H and O–H groups in total. The second kappa shape index (κ2) is 32.9. The van der Waals surface area contributed by atoms with Crippen molar-refractivity contribution in [3.05, 3.63) is 230 Å². The fourth-order valence-corrected chi connectivity index (χ4v) is 15.9. The smallest absolute Gasteiger partial charge is 0.319 e. The number of carbonyl (C=O) groups excluding carboxylic acids is 3. The van der Waals surface area contributed by atoms with Crippen LogP contribution in [0.5, 0.6) is 11.8 Å². The number of halogens is 6. The van der Waals surface area contributed by atoms with E-state index in [0.29, 0.717) is 155 Å². The molecule has 558 valence electrons. The normalized spacial score (nSPS) is 16.9. The van der Waals surface area contributed by atoms with Crippen LogP contribution in [0.25, 0.3) is 54.6 Å². The summed E-state index contributed by atoms with van der Waals surface area (Å²) in [7, 11) is 3.87. The molecule has 3 fully saturated rings. The Kier molecular flexibility index (Phi) is 23.0. The SMILES string of the molecule is C/C=C/C(=O)N1CCN(c2ncnc3c(F)c([C@H]4C=C(O)Cc5ccccc54)c(Cl)cc23)CC1.C=CC(=O)N1CCN(c2nc(OC(C)CN(C)C)nc3c(F)c(-c4cc(O)cc5ccccc45)c(Cl)cc23)CC1.CCCC(=O)N1CCN(c2ncnc3c(F)c([C@H]4C=C(O)Cc5ccccc54)c(Cl)cc23)CC1. The van der Waals surface area contributed by atoms with E-state index in [-0.39, 0.29) is 84.3 Å². The van der Waals surface area contributed by atoms with Crippen LogP contribution in [-0.4, -0.2) is 188 Å². The molecule has 0 radical (unpaired) electrons. The topological polar surface area (TPSA) is 221 Å². The minimum Gasteiger partial charge on any atom is -0.512 e. The first-order valence-electron chi connectivity index (χ1n) is 35.9. The largest absolute Gasteiger partial charge is 0.512 e. The lowest BCUT2D eigenvalue weighted by atomic mass is 9.82. The average molecular weight is 1520 g/mol. The molecular formula is C82H81Cl3F3N13O7. The number of aromatic hydroxyl groups is 1. The van der Waals surface area contributed by atoms with Gasteiger partial charge in [-0.3, -0.25) is 14.4 Å². The van der Waals surface area contributed by atoms with Crippen molar-refractivity contribution in [1.82, 2.24) is 49.5 Å². The van der Waals surface area contributed by atoms with E-state index in [1.54, 1.807) is 58.4 Å². The Labute approximate surface area is 638 Å². The summed E-state index contributed by atoms with van der Waals surface area (Å²) in [5, 5.41) is 34.8. The maximum absolute atomic E-state index is 16.6. The molecular weight excluding hydrogens is 1440 g/mol. The van der Waals surface area contributed by atoms with Crippen LogP contribution in [0.4, 0.5) is 30.6 Å². The number of nitrogens with zero attached hydrogens (tertiary/aromatic N) is 13. The number of aliphatic hydroxyl groups excluding tert-OH is 2. The van der Waals surface area contributed by atoms with Crippen LogP contribution < -0.4 is 19.4 Å². The van der Waals surface area contributed by atoms with Crippen molar-refractivity contribution in [3.63, 3.8) is 0 Å². The highest BCUT2D eigenvalue weighted by Crippen LogP contribution is 2.46. The number of aromatic nitrogens is 6. The zero-order chi connectivity index (χ0) is 76.2. The number of piperazine rings is 3. The third-order valence-corrected chi connectivity index (χ3v) is 21.0. The van der Waals surface area contributed by atoms with E-state index >= 15 is 13.2 Å². The molecule has 15 rings (SSSR count). The van der Waals surface area contributed by atoms with Gasteiger partial charge in [0, 0.05) is 159 Å². The van der Waals surface area contributed by atoms with E-state index in [4.69, 9.17) is 44.5 Å². The van der Waals surface area contributed by atoms with E-state index in [2.05, 4.69) is 36.4 Å². The zero-order valence-corrected chi connectivity index (χ0v) is 62.6. The number of phenolic OH excluding ortho intramolecular Hbond substituents is 1. The molecule has 26 heteroatoms. The molecule has 3 aromatic heterocycles. The number of likely N-dealkylation sites (N-methyl/N-ethyl adjacent to an activating group) is 1. The lowest BCUT2D eigenvalue weighted by Crippen LogP contribution is -2.49. The molecule has 5 aliphatic rings. The molecule has 7 aromatic carbocycles. The number of fused-ring (bicyclic) bond motifs is 6. The molecule has 3 atom stereocenters. The summed E-state index contributed by atoms with van der Waals surface area (Å²) in [5.74, 6) is -0.584. The molecule has 10 aromatic rings.